The number of amides is 1. The summed E-state index contributed by atoms with van der Waals surface area (Å²) in [4.78, 5) is 27.7. The number of anilines is 2. The second kappa shape index (κ2) is 12.7. The number of hydrogen-bond acceptors (Lipinski definition) is 8. The fourth-order valence-electron chi connectivity index (χ4n) is 6.42. The van der Waals surface area contributed by atoms with Crippen molar-refractivity contribution < 1.29 is 22.7 Å². The smallest absolute Gasteiger partial charge is 0.421 e. The van der Waals surface area contributed by atoms with Crippen molar-refractivity contribution in [2.24, 2.45) is 0 Å². The number of rotatable bonds is 7. The monoisotopic (exact) mass is 639 g/mol. The van der Waals surface area contributed by atoms with Gasteiger partial charge in [-0.05, 0) is 43.3 Å². The molecule has 0 unspecified atom stereocenters. The summed E-state index contributed by atoms with van der Waals surface area (Å²) in [5.41, 5.74) is 1.25. The van der Waals surface area contributed by atoms with Gasteiger partial charge in [0.15, 0.2) is 0 Å². The number of nitrogens with one attached hydrogen (secondary N) is 1. The number of fused-ring (bicyclic) bond motifs is 2. The number of carbonyl (C=O) groups is 1. The standard InChI is InChI=1S/C32H33ClF3N7O2/c1-20(32(34,35)36)30(44)43-16-15-42(17-23(43)10-12-37)29-24-11-14-41(27-9-3-6-21-5-2-8-25(33)28(21)27)18-26(24)39-31(40-29)45-19-22-7-4-13-38-22/h2-3,5-6,8-9,22-23,38H,1,4,7,10-11,13-19H2/t22-,23-/m0/s1. The highest BCUT2D eigenvalue weighted by atomic mass is 35.5. The Labute approximate surface area is 264 Å². The fourth-order valence-corrected chi connectivity index (χ4v) is 6.70. The summed E-state index contributed by atoms with van der Waals surface area (Å²) >= 11 is 6.65. The second-order valence-electron chi connectivity index (χ2n) is 11.6. The molecule has 9 nitrogen and oxygen atoms in total. The first-order chi connectivity index (χ1) is 21.6. The van der Waals surface area contributed by atoms with E-state index >= 15 is 0 Å². The molecule has 2 saturated heterocycles. The highest BCUT2D eigenvalue weighted by Crippen LogP contribution is 2.37. The summed E-state index contributed by atoms with van der Waals surface area (Å²) in [5, 5.41) is 15.6. The number of alkyl halides is 3. The molecular weight excluding hydrogens is 607 g/mol. The second-order valence-corrected chi connectivity index (χ2v) is 12.0. The minimum absolute atomic E-state index is 0.0120. The molecule has 0 aliphatic carbocycles. The Morgan fingerprint density at radius 3 is 2.69 bits per heavy atom. The molecule has 0 radical (unpaired) electrons. The van der Waals surface area contributed by atoms with E-state index in [2.05, 4.69) is 16.8 Å². The van der Waals surface area contributed by atoms with E-state index in [0.29, 0.717) is 37.0 Å². The van der Waals surface area contributed by atoms with Crippen LogP contribution in [0.3, 0.4) is 0 Å². The van der Waals surface area contributed by atoms with E-state index in [4.69, 9.17) is 26.3 Å². The molecule has 1 N–H and O–H groups in total. The van der Waals surface area contributed by atoms with Gasteiger partial charge in [-0.15, -0.1) is 0 Å². The molecule has 45 heavy (non-hydrogen) atoms. The van der Waals surface area contributed by atoms with E-state index < -0.39 is 23.7 Å². The third-order valence-electron chi connectivity index (χ3n) is 8.74. The third-order valence-corrected chi connectivity index (χ3v) is 9.06. The molecule has 2 fully saturated rings. The van der Waals surface area contributed by atoms with Gasteiger partial charge in [0, 0.05) is 48.9 Å². The van der Waals surface area contributed by atoms with Crippen molar-refractivity contribution in [3.8, 4) is 12.1 Å². The van der Waals surface area contributed by atoms with Crippen molar-refractivity contribution in [1.29, 1.82) is 5.26 Å². The Hall–Kier alpha value is -4.08. The summed E-state index contributed by atoms with van der Waals surface area (Å²) in [7, 11) is 0. The molecule has 3 aliphatic rings. The molecule has 0 saturated carbocycles. The molecule has 2 atom stereocenters. The van der Waals surface area contributed by atoms with Gasteiger partial charge in [-0.25, -0.2) is 0 Å². The molecule has 3 aliphatic heterocycles. The van der Waals surface area contributed by atoms with Crippen molar-refractivity contribution in [1.82, 2.24) is 20.2 Å². The van der Waals surface area contributed by atoms with Gasteiger partial charge in [0.2, 0.25) is 0 Å². The van der Waals surface area contributed by atoms with Crippen LogP contribution in [0.5, 0.6) is 6.01 Å². The zero-order chi connectivity index (χ0) is 31.7. The summed E-state index contributed by atoms with van der Waals surface area (Å²) < 4.78 is 46.1. The molecule has 3 aromatic rings. The SMILES string of the molecule is C=C(C(=O)N1CCN(c2nc(OC[C@@H]3CCCN3)nc3c2CCN(c2cccc4cccc(Cl)c24)C3)C[C@@H]1CC#N)C(F)(F)F. The summed E-state index contributed by atoms with van der Waals surface area (Å²) in [6.45, 7) is 5.80. The van der Waals surface area contributed by atoms with Gasteiger partial charge < -0.3 is 24.8 Å². The average molecular weight is 640 g/mol. The molecule has 1 amide bonds. The molecular formula is C32H33ClF3N7O2. The Bertz CT molecular complexity index is 1650. The molecule has 236 valence electrons. The number of carbonyl (C=O) groups excluding carboxylic acids is 1. The van der Waals surface area contributed by atoms with E-state index in [1.54, 1.807) is 0 Å². The van der Waals surface area contributed by atoms with Crippen LogP contribution in [0.2, 0.25) is 5.02 Å². The number of nitriles is 1. The number of nitrogens with zero attached hydrogens (tertiary/aromatic N) is 6. The molecule has 2 aromatic carbocycles. The van der Waals surface area contributed by atoms with Crippen molar-refractivity contribution in [3.05, 3.63) is 64.8 Å². The van der Waals surface area contributed by atoms with Crippen LogP contribution in [-0.4, -0.2) is 78.4 Å². The van der Waals surface area contributed by atoms with Gasteiger partial charge >= 0.3 is 12.2 Å². The van der Waals surface area contributed by atoms with Gasteiger partial charge in [-0.3, -0.25) is 4.79 Å². The molecule has 13 heteroatoms. The average Bonchev–Trinajstić information content (AvgIpc) is 3.56. The van der Waals surface area contributed by atoms with Crippen LogP contribution in [0, 0.1) is 11.3 Å². The summed E-state index contributed by atoms with van der Waals surface area (Å²) in [6.07, 6.45) is -2.33. The minimum Gasteiger partial charge on any atom is -0.462 e. The predicted octanol–water partition coefficient (Wildman–Crippen LogP) is 5.03. The topological polar surface area (TPSA) is 97.6 Å². The number of halogens is 4. The van der Waals surface area contributed by atoms with Crippen LogP contribution in [0.25, 0.3) is 10.8 Å². The van der Waals surface area contributed by atoms with Crippen molar-refractivity contribution in [3.63, 3.8) is 0 Å². The lowest BCUT2D eigenvalue weighted by molar-refractivity contribution is -0.141. The number of aromatic nitrogens is 2. The number of hydrogen-bond donors (Lipinski definition) is 1. The van der Waals surface area contributed by atoms with Crippen LogP contribution in [0.4, 0.5) is 24.7 Å². The quantitative estimate of drug-likeness (QED) is 0.360. The molecule has 1 aromatic heterocycles. The first-order valence-corrected chi connectivity index (χ1v) is 15.4. The Morgan fingerprint density at radius 1 is 1.16 bits per heavy atom. The molecule has 0 bridgehead atoms. The largest absolute Gasteiger partial charge is 0.462 e. The maximum Gasteiger partial charge on any atom is 0.421 e. The van der Waals surface area contributed by atoms with E-state index in [1.807, 2.05) is 47.4 Å². The van der Waals surface area contributed by atoms with Crippen molar-refractivity contribution >= 4 is 39.8 Å². The van der Waals surface area contributed by atoms with Crippen LogP contribution < -0.4 is 19.9 Å². The lowest BCUT2D eigenvalue weighted by atomic mass is 10.0. The first kappa shape index (κ1) is 30.9. The zero-order valence-electron chi connectivity index (χ0n) is 24.6. The van der Waals surface area contributed by atoms with Gasteiger partial charge in [0.25, 0.3) is 5.91 Å². The molecule has 4 heterocycles. The maximum absolute atomic E-state index is 13.3. The molecule has 6 rings (SSSR count). The van der Waals surface area contributed by atoms with Crippen molar-refractivity contribution in [2.45, 2.75) is 50.5 Å². The fraction of sp³-hybridized carbons (Fsp3) is 0.438. The Kier molecular flexibility index (Phi) is 8.75. The normalized spacial score (nSPS) is 20.2. The van der Waals surface area contributed by atoms with Crippen LogP contribution in [0.15, 0.2) is 48.6 Å². The lowest BCUT2D eigenvalue weighted by Crippen LogP contribution is -2.56. The van der Waals surface area contributed by atoms with Gasteiger partial charge in [-0.2, -0.15) is 28.4 Å². The highest BCUT2D eigenvalue weighted by molar-refractivity contribution is 6.36. The summed E-state index contributed by atoms with van der Waals surface area (Å²) in [6, 6.07) is 13.6. The third kappa shape index (κ3) is 6.37. The van der Waals surface area contributed by atoms with E-state index in [-0.39, 0.29) is 38.1 Å². The number of ether oxygens (including phenoxy) is 1. The summed E-state index contributed by atoms with van der Waals surface area (Å²) in [5.74, 6) is -0.584. The van der Waals surface area contributed by atoms with Crippen LogP contribution in [0.1, 0.15) is 30.5 Å². The Balaban J connectivity index is 1.32. The van der Waals surface area contributed by atoms with Gasteiger partial charge in [0.05, 0.1) is 35.8 Å². The number of piperazine rings is 1. The van der Waals surface area contributed by atoms with E-state index in [1.165, 1.54) is 0 Å². The lowest BCUT2D eigenvalue weighted by Gasteiger charge is -2.42. The molecule has 0 spiro atoms. The van der Waals surface area contributed by atoms with Gasteiger partial charge in [0.1, 0.15) is 18.0 Å². The zero-order valence-corrected chi connectivity index (χ0v) is 25.4. The Morgan fingerprint density at radius 2 is 1.96 bits per heavy atom. The first-order valence-electron chi connectivity index (χ1n) is 15.0. The van der Waals surface area contributed by atoms with E-state index in [9.17, 15) is 23.2 Å². The number of benzene rings is 2. The maximum atomic E-state index is 13.3. The van der Waals surface area contributed by atoms with E-state index in [0.717, 1.165) is 52.0 Å². The van der Waals surface area contributed by atoms with Crippen LogP contribution in [-0.2, 0) is 17.8 Å². The minimum atomic E-state index is -4.85. The van der Waals surface area contributed by atoms with Gasteiger partial charge in [-0.1, -0.05) is 42.4 Å². The highest BCUT2D eigenvalue weighted by Gasteiger charge is 2.42. The predicted molar refractivity (Wildman–Crippen MR) is 165 cm³/mol. The van der Waals surface area contributed by atoms with Crippen molar-refractivity contribution in [2.75, 3.05) is 49.1 Å². The van der Waals surface area contributed by atoms with Crippen LogP contribution >= 0.6 is 11.6 Å².